The predicted octanol–water partition coefficient (Wildman–Crippen LogP) is 5.85. The van der Waals surface area contributed by atoms with Gasteiger partial charge in [-0.3, -0.25) is 4.79 Å². The van der Waals surface area contributed by atoms with Crippen LogP contribution in [0.3, 0.4) is 0 Å². The van der Waals surface area contributed by atoms with E-state index in [-0.39, 0.29) is 30.3 Å². The Labute approximate surface area is 217 Å². The average Bonchev–Trinajstić information content (AvgIpc) is 3.66. The molecule has 0 spiro atoms. The zero-order valence-corrected chi connectivity index (χ0v) is 21.2. The lowest BCUT2D eigenvalue weighted by Gasteiger charge is -2.32. The molecule has 8 heteroatoms. The third-order valence-electron chi connectivity index (χ3n) is 7.18. The van der Waals surface area contributed by atoms with Crippen LogP contribution >= 0.6 is 11.3 Å². The highest BCUT2D eigenvalue weighted by Gasteiger charge is 2.30. The van der Waals surface area contributed by atoms with Gasteiger partial charge in [0.2, 0.25) is 5.43 Å². The Morgan fingerprint density at radius 3 is 2.62 bits per heavy atom. The Morgan fingerprint density at radius 1 is 1.11 bits per heavy atom. The first-order valence-corrected chi connectivity index (χ1v) is 13.2. The molecule has 1 aliphatic carbocycles. The normalized spacial score (nSPS) is 17.0. The summed E-state index contributed by atoms with van der Waals surface area (Å²) in [4.78, 5) is 41.4. The molecule has 6 rings (SSSR count). The van der Waals surface area contributed by atoms with Crippen LogP contribution < -0.4 is 5.43 Å². The molecular weight excluding hydrogens is 488 g/mol. The molecule has 3 heterocycles. The number of carboxylic acids is 1. The largest absolute Gasteiger partial charge is 0.477 e. The Balaban J connectivity index is 1.28. The van der Waals surface area contributed by atoms with Crippen LogP contribution in [-0.2, 0) is 24.3 Å². The van der Waals surface area contributed by atoms with Gasteiger partial charge in [0.25, 0.3) is 0 Å². The molecule has 4 aromatic rings. The van der Waals surface area contributed by atoms with Crippen molar-refractivity contribution in [3.8, 4) is 10.4 Å². The third-order valence-corrected chi connectivity index (χ3v) is 8.43. The quantitative estimate of drug-likeness (QED) is 0.361. The predicted molar refractivity (Wildman–Crippen MR) is 142 cm³/mol. The van der Waals surface area contributed by atoms with Crippen molar-refractivity contribution in [2.45, 2.75) is 51.4 Å². The summed E-state index contributed by atoms with van der Waals surface area (Å²) in [7, 11) is 0. The number of carbonyl (C=O) groups is 2. The minimum absolute atomic E-state index is 0.0216. The summed E-state index contributed by atoms with van der Waals surface area (Å²) in [5.41, 5.74) is 3.17. The van der Waals surface area contributed by atoms with Gasteiger partial charge in [0, 0.05) is 39.8 Å². The zero-order chi connectivity index (χ0) is 25.7. The van der Waals surface area contributed by atoms with Crippen molar-refractivity contribution in [3.63, 3.8) is 0 Å². The van der Waals surface area contributed by atoms with Crippen molar-refractivity contribution >= 4 is 34.3 Å². The molecule has 1 unspecified atom stereocenters. The van der Waals surface area contributed by atoms with Gasteiger partial charge in [-0.1, -0.05) is 36.4 Å². The summed E-state index contributed by atoms with van der Waals surface area (Å²) < 4.78 is 7.54. The number of rotatable bonds is 5. The number of amides is 1. The molecule has 2 aromatic carbocycles. The van der Waals surface area contributed by atoms with Gasteiger partial charge in [0.1, 0.15) is 12.2 Å². The maximum atomic E-state index is 12.9. The van der Waals surface area contributed by atoms with Crippen molar-refractivity contribution in [2.75, 3.05) is 0 Å². The van der Waals surface area contributed by atoms with Gasteiger partial charge < -0.3 is 19.3 Å². The number of ether oxygens (including phenoxy) is 1. The van der Waals surface area contributed by atoms with Crippen molar-refractivity contribution in [2.24, 2.45) is 0 Å². The van der Waals surface area contributed by atoms with Gasteiger partial charge in [-0.25, -0.2) is 9.59 Å². The van der Waals surface area contributed by atoms with E-state index in [4.69, 9.17) is 4.74 Å². The number of nitrogens with zero attached hydrogens (tertiary/aromatic N) is 2. The number of pyridine rings is 1. The minimum atomic E-state index is -1.20. The third kappa shape index (κ3) is 4.42. The second kappa shape index (κ2) is 9.19. The van der Waals surface area contributed by atoms with Gasteiger partial charge in [-0.15, -0.1) is 11.3 Å². The molecule has 37 heavy (non-hydrogen) atoms. The molecule has 2 aliphatic rings. The summed E-state index contributed by atoms with van der Waals surface area (Å²) in [6.07, 6.45) is 3.88. The van der Waals surface area contributed by atoms with Crippen LogP contribution in [-0.4, -0.2) is 32.7 Å². The molecule has 0 radical (unpaired) electrons. The molecule has 188 valence electrons. The SMILES string of the molecule is CC1Cc2sc(-c3ccc4c(=O)c(C(=O)O)cn(C5CC5)c4c3)cc2CN1C(=O)OCc1ccccc1. The fourth-order valence-corrected chi connectivity index (χ4v) is 6.28. The topological polar surface area (TPSA) is 88.8 Å². The lowest BCUT2D eigenvalue weighted by molar-refractivity contribution is 0.0694. The summed E-state index contributed by atoms with van der Waals surface area (Å²) in [6, 6.07) is 17.6. The molecule has 1 saturated carbocycles. The van der Waals surface area contributed by atoms with E-state index in [1.54, 1.807) is 22.3 Å². The first kappa shape index (κ1) is 23.5. The van der Waals surface area contributed by atoms with Crippen molar-refractivity contribution in [3.05, 3.63) is 92.6 Å². The van der Waals surface area contributed by atoms with E-state index in [0.29, 0.717) is 11.9 Å². The number of thiophene rings is 1. The number of benzene rings is 2. The summed E-state index contributed by atoms with van der Waals surface area (Å²) in [5.74, 6) is -1.20. The molecule has 0 bridgehead atoms. The number of carbonyl (C=O) groups excluding carboxylic acids is 1. The van der Waals surface area contributed by atoms with E-state index in [9.17, 15) is 19.5 Å². The Morgan fingerprint density at radius 2 is 1.89 bits per heavy atom. The van der Waals surface area contributed by atoms with E-state index >= 15 is 0 Å². The van der Waals surface area contributed by atoms with E-state index in [1.807, 2.05) is 54.0 Å². The van der Waals surface area contributed by atoms with Crippen molar-refractivity contribution in [1.29, 1.82) is 0 Å². The molecule has 2 aromatic heterocycles. The van der Waals surface area contributed by atoms with Gasteiger partial charge in [0.05, 0.1) is 12.1 Å². The van der Waals surface area contributed by atoms with Crippen LogP contribution in [0.2, 0.25) is 0 Å². The van der Waals surface area contributed by atoms with Crippen LogP contribution in [0, 0.1) is 0 Å². The maximum Gasteiger partial charge on any atom is 0.410 e. The summed E-state index contributed by atoms with van der Waals surface area (Å²) >= 11 is 1.71. The Hall–Kier alpha value is -3.91. The van der Waals surface area contributed by atoms with E-state index in [2.05, 4.69) is 6.07 Å². The first-order valence-electron chi connectivity index (χ1n) is 12.4. The Bertz CT molecular complexity index is 1590. The molecule has 1 N–H and O–H groups in total. The van der Waals surface area contributed by atoms with Crippen molar-refractivity contribution < 1.29 is 19.4 Å². The second-order valence-corrected chi connectivity index (χ2v) is 11.0. The number of fused-ring (bicyclic) bond motifs is 2. The monoisotopic (exact) mass is 514 g/mol. The fraction of sp³-hybridized carbons (Fsp3) is 0.276. The van der Waals surface area contributed by atoms with E-state index in [1.165, 1.54) is 11.1 Å². The van der Waals surface area contributed by atoms with Gasteiger partial charge in [0.15, 0.2) is 0 Å². The fourth-order valence-electron chi connectivity index (χ4n) is 4.99. The number of aromatic nitrogens is 1. The molecular formula is C29H26N2O5S. The molecule has 7 nitrogen and oxygen atoms in total. The van der Waals surface area contributed by atoms with E-state index < -0.39 is 11.4 Å². The number of carboxylic acid groups (broad SMARTS) is 1. The molecule has 1 fully saturated rings. The van der Waals surface area contributed by atoms with E-state index in [0.717, 1.165) is 46.3 Å². The lowest BCUT2D eigenvalue weighted by Crippen LogP contribution is -2.42. The second-order valence-electron chi connectivity index (χ2n) is 9.83. The molecule has 1 atom stereocenters. The summed E-state index contributed by atoms with van der Waals surface area (Å²) in [5, 5.41) is 9.93. The standard InChI is InChI=1S/C29H26N2O5S/c1-17-11-25-20(14-30(17)29(35)36-16-18-5-3-2-4-6-18)13-26(37-25)19-7-10-22-24(12-19)31(21-8-9-21)15-23(27(22)32)28(33)34/h2-7,10,12-13,15,17,21H,8-9,11,14,16H2,1H3,(H,33,34). The summed E-state index contributed by atoms with van der Waals surface area (Å²) in [6.45, 7) is 2.77. The maximum absolute atomic E-state index is 12.9. The van der Waals surface area contributed by atoms with Gasteiger partial charge in [-0.05, 0) is 54.7 Å². The number of hydrogen-bond acceptors (Lipinski definition) is 5. The Kier molecular flexibility index (Phi) is 5.83. The molecule has 1 amide bonds. The highest BCUT2D eigenvalue weighted by Crippen LogP contribution is 2.40. The minimum Gasteiger partial charge on any atom is -0.477 e. The number of hydrogen-bond donors (Lipinski definition) is 1. The average molecular weight is 515 g/mol. The van der Waals surface area contributed by atoms with Crippen LogP contribution in [0.1, 0.15) is 52.2 Å². The van der Waals surface area contributed by atoms with Crippen LogP contribution in [0.4, 0.5) is 4.79 Å². The molecule has 1 aliphatic heterocycles. The number of aromatic carboxylic acids is 1. The smallest absolute Gasteiger partial charge is 0.410 e. The lowest BCUT2D eigenvalue weighted by atomic mass is 10.0. The highest BCUT2D eigenvalue weighted by atomic mass is 32.1. The van der Waals surface area contributed by atoms with Crippen molar-refractivity contribution in [1.82, 2.24) is 9.47 Å². The zero-order valence-electron chi connectivity index (χ0n) is 20.3. The van der Waals surface area contributed by atoms with Gasteiger partial charge in [-0.2, -0.15) is 0 Å². The highest BCUT2D eigenvalue weighted by molar-refractivity contribution is 7.15. The van der Waals surface area contributed by atoms with Crippen LogP contribution in [0.15, 0.2) is 65.6 Å². The first-order chi connectivity index (χ1) is 17.9. The van der Waals surface area contributed by atoms with Crippen LogP contribution in [0.25, 0.3) is 21.3 Å². The van der Waals surface area contributed by atoms with Gasteiger partial charge >= 0.3 is 12.1 Å². The van der Waals surface area contributed by atoms with Crippen LogP contribution in [0.5, 0.6) is 0 Å². The molecule has 0 saturated heterocycles.